The highest BCUT2D eigenvalue weighted by Gasteiger charge is 2.02. The van der Waals surface area contributed by atoms with Crippen LogP contribution in [0.3, 0.4) is 0 Å². The van der Waals surface area contributed by atoms with Gasteiger partial charge in [-0.3, -0.25) is 0 Å². The number of nitrogens with one attached hydrogen (secondary N) is 1. The van der Waals surface area contributed by atoms with Crippen LogP contribution in [0.2, 0.25) is 0 Å². The summed E-state index contributed by atoms with van der Waals surface area (Å²) in [7, 11) is 1.50. The second-order valence-electron chi connectivity index (χ2n) is 3.87. The molecule has 18 heavy (non-hydrogen) atoms. The second-order valence-corrected chi connectivity index (χ2v) is 3.87. The van der Waals surface area contributed by atoms with Crippen molar-refractivity contribution < 1.29 is 14.2 Å². The molecular formula is C14H14FNO2. The van der Waals surface area contributed by atoms with Crippen LogP contribution in [0, 0.1) is 5.82 Å². The molecular weight excluding hydrogens is 233 g/mol. The summed E-state index contributed by atoms with van der Waals surface area (Å²) >= 11 is 0. The van der Waals surface area contributed by atoms with Gasteiger partial charge in [0.2, 0.25) is 0 Å². The molecule has 0 aliphatic carbocycles. The van der Waals surface area contributed by atoms with Crippen molar-refractivity contribution in [1.82, 2.24) is 0 Å². The van der Waals surface area contributed by atoms with Gasteiger partial charge in [0.15, 0.2) is 11.5 Å². The van der Waals surface area contributed by atoms with Crippen LogP contribution >= 0.6 is 0 Å². The number of anilines is 1. The molecule has 0 fully saturated rings. The van der Waals surface area contributed by atoms with Crippen LogP contribution in [0.5, 0.6) is 11.5 Å². The van der Waals surface area contributed by atoms with Gasteiger partial charge < -0.3 is 15.2 Å². The van der Waals surface area contributed by atoms with E-state index in [1.54, 1.807) is 24.3 Å². The molecule has 0 aliphatic rings. The van der Waals surface area contributed by atoms with Crippen molar-refractivity contribution in [2.75, 3.05) is 12.4 Å². The maximum absolute atomic E-state index is 13.0. The first-order chi connectivity index (χ1) is 8.69. The van der Waals surface area contributed by atoms with Crippen molar-refractivity contribution in [3.8, 4) is 11.5 Å². The van der Waals surface area contributed by atoms with Crippen molar-refractivity contribution in [2.24, 2.45) is 0 Å². The summed E-state index contributed by atoms with van der Waals surface area (Å²) in [5.74, 6) is 0.248. The quantitative estimate of drug-likeness (QED) is 0.872. The Bertz CT molecular complexity index is 543. The largest absolute Gasteiger partial charge is 0.504 e. The fourth-order valence-corrected chi connectivity index (χ4v) is 1.65. The third kappa shape index (κ3) is 2.91. The molecule has 0 radical (unpaired) electrons. The van der Waals surface area contributed by atoms with E-state index in [1.165, 1.54) is 19.2 Å². The molecule has 0 saturated carbocycles. The van der Waals surface area contributed by atoms with Gasteiger partial charge in [0, 0.05) is 12.2 Å². The molecule has 2 N–H and O–H groups in total. The van der Waals surface area contributed by atoms with Crippen LogP contribution in [0.1, 0.15) is 5.56 Å². The van der Waals surface area contributed by atoms with Gasteiger partial charge in [-0.15, -0.1) is 0 Å². The standard InChI is InChI=1S/C14H14FNO2/c1-18-14-6-5-10(7-13(14)17)9-16-12-4-2-3-11(15)8-12/h2-8,16-17H,9H2,1H3. The Labute approximate surface area is 105 Å². The predicted octanol–water partition coefficient (Wildman–Crippen LogP) is 3.15. The molecule has 0 aliphatic heterocycles. The highest BCUT2D eigenvalue weighted by atomic mass is 19.1. The summed E-state index contributed by atoms with van der Waals surface area (Å²) in [5.41, 5.74) is 1.59. The van der Waals surface area contributed by atoms with Gasteiger partial charge >= 0.3 is 0 Å². The van der Waals surface area contributed by atoms with Gasteiger partial charge in [0.25, 0.3) is 0 Å². The lowest BCUT2D eigenvalue weighted by atomic mass is 10.2. The van der Waals surface area contributed by atoms with E-state index >= 15 is 0 Å². The van der Waals surface area contributed by atoms with Crippen molar-refractivity contribution in [2.45, 2.75) is 6.54 Å². The number of aromatic hydroxyl groups is 1. The maximum Gasteiger partial charge on any atom is 0.160 e. The lowest BCUT2D eigenvalue weighted by Gasteiger charge is -2.08. The normalized spacial score (nSPS) is 10.1. The van der Waals surface area contributed by atoms with Gasteiger partial charge in [-0.2, -0.15) is 0 Å². The molecule has 2 aromatic rings. The van der Waals surface area contributed by atoms with E-state index in [-0.39, 0.29) is 11.6 Å². The summed E-state index contributed by atoms with van der Waals surface area (Å²) < 4.78 is 17.9. The van der Waals surface area contributed by atoms with Gasteiger partial charge in [0.1, 0.15) is 5.82 Å². The van der Waals surface area contributed by atoms with Gasteiger partial charge in [-0.1, -0.05) is 12.1 Å². The zero-order valence-electron chi connectivity index (χ0n) is 9.98. The van der Waals surface area contributed by atoms with Gasteiger partial charge in [-0.25, -0.2) is 4.39 Å². The zero-order valence-corrected chi connectivity index (χ0v) is 9.98. The van der Waals surface area contributed by atoms with E-state index in [9.17, 15) is 9.50 Å². The first-order valence-corrected chi connectivity index (χ1v) is 5.54. The monoisotopic (exact) mass is 247 g/mol. The smallest absolute Gasteiger partial charge is 0.160 e. The Hall–Kier alpha value is -2.23. The third-order valence-electron chi connectivity index (χ3n) is 2.56. The number of rotatable bonds is 4. The summed E-state index contributed by atoms with van der Waals surface area (Å²) in [5, 5.41) is 12.7. The fourth-order valence-electron chi connectivity index (χ4n) is 1.65. The minimum absolute atomic E-state index is 0.0936. The molecule has 0 unspecified atom stereocenters. The number of phenols is 1. The molecule has 0 bridgehead atoms. The van der Waals surface area contributed by atoms with Crippen molar-refractivity contribution >= 4 is 5.69 Å². The number of ether oxygens (including phenoxy) is 1. The summed E-state index contributed by atoms with van der Waals surface area (Å²) in [6.07, 6.45) is 0. The lowest BCUT2D eigenvalue weighted by Crippen LogP contribution is -1.99. The minimum Gasteiger partial charge on any atom is -0.504 e. The Kier molecular flexibility index (Phi) is 3.67. The first kappa shape index (κ1) is 12.2. The van der Waals surface area contributed by atoms with Crippen molar-refractivity contribution in [3.63, 3.8) is 0 Å². The molecule has 4 heteroatoms. The number of phenolic OH excluding ortho intramolecular Hbond substituents is 1. The molecule has 0 spiro atoms. The fraction of sp³-hybridized carbons (Fsp3) is 0.143. The third-order valence-corrected chi connectivity index (χ3v) is 2.56. The van der Waals surface area contributed by atoms with Crippen LogP contribution in [0.15, 0.2) is 42.5 Å². The Morgan fingerprint density at radius 2 is 2.06 bits per heavy atom. The molecule has 2 rings (SSSR count). The Morgan fingerprint density at radius 3 is 2.72 bits per heavy atom. The SMILES string of the molecule is COc1ccc(CNc2cccc(F)c2)cc1O. The van der Waals surface area contributed by atoms with E-state index in [1.807, 2.05) is 6.07 Å². The number of hydrogen-bond acceptors (Lipinski definition) is 3. The summed E-state index contributed by atoms with van der Waals surface area (Å²) in [6.45, 7) is 0.501. The van der Waals surface area contributed by atoms with E-state index in [2.05, 4.69) is 5.32 Å². The van der Waals surface area contributed by atoms with Crippen LogP contribution in [0.4, 0.5) is 10.1 Å². The van der Waals surface area contributed by atoms with Crippen molar-refractivity contribution in [3.05, 3.63) is 53.8 Å². The van der Waals surface area contributed by atoms with Gasteiger partial charge in [-0.05, 0) is 35.9 Å². The van der Waals surface area contributed by atoms with Crippen LogP contribution in [-0.4, -0.2) is 12.2 Å². The summed E-state index contributed by atoms with van der Waals surface area (Å²) in [6, 6.07) is 11.4. The minimum atomic E-state index is -0.280. The summed E-state index contributed by atoms with van der Waals surface area (Å²) in [4.78, 5) is 0. The molecule has 0 aromatic heterocycles. The first-order valence-electron chi connectivity index (χ1n) is 5.54. The zero-order chi connectivity index (χ0) is 13.0. The van der Waals surface area contributed by atoms with E-state index in [4.69, 9.17) is 4.74 Å². The highest BCUT2D eigenvalue weighted by Crippen LogP contribution is 2.26. The van der Waals surface area contributed by atoms with Crippen LogP contribution < -0.4 is 10.1 Å². The van der Waals surface area contributed by atoms with Gasteiger partial charge in [0.05, 0.1) is 7.11 Å². The van der Waals surface area contributed by atoms with Crippen LogP contribution in [0.25, 0.3) is 0 Å². The molecule has 0 saturated heterocycles. The maximum atomic E-state index is 13.0. The predicted molar refractivity (Wildman–Crippen MR) is 68.4 cm³/mol. The molecule has 94 valence electrons. The molecule has 3 nitrogen and oxygen atoms in total. The molecule has 0 amide bonds. The van der Waals surface area contributed by atoms with E-state index < -0.39 is 0 Å². The average molecular weight is 247 g/mol. The van der Waals surface area contributed by atoms with Crippen LogP contribution in [-0.2, 0) is 6.54 Å². The molecule has 0 atom stereocenters. The Morgan fingerprint density at radius 1 is 1.22 bits per heavy atom. The average Bonchev–Trinajstić information content (AvgIpc) is 2.37. The molecule has 0 heterocycles. The lowest BCUT2D eigenvalue weighted by molar-refractivity contribution is 0.373. The highest BCUT2D eigenvalue weighted by molar-refractivity contribution is 5.46. The van der Waals surface area contributed by atoms with E-state index in [0.717, 1.165) is 5.56 Å². The van der Waals surface area contributed by atoms with E-state index in [0.29, 0.717) is 18.0 Å². The Balaban J connectivity index is 2.04. The number of benzene rings is 2. The van der Waals surface area contributed by atoms with Crippen molar-refractivity contribution in [1.29, 1.82) is 0 Å². The number of methoxy groups -OCH3 is 1. The second kappa shape index (κ2) is 5.40. The number of halogens is 1. The number of hydrogen-bond donors (Lipinski definition) is 2. The molecule has 2 aromatic carbocycles. The topological polar surface area (TPSA) is 41.5 Å².